The van der Waals surface area contributed by atoms with Crippen LogP contribution in [0.15, 0.2) is 0 Å². The van der Waals surface area contributed by atoms with Gasteiger partial charge in [0.2, 0.25) is 5.28 Å². The number of H-pyrrole nitrogens is 1. The van der Waals surface area contributed by atoms with Crippen LogP contribution in [0.5, 0.6) is 0 Å². The molecule has 1 heterocycles. The Morgan fingerprint density at radius 3 is 2.82 bits per heavy atom. The minimum absolute atomic E-state index is 0.222. The van der Waals surface area contributed by atoms with E-state index in [1.54, 1.807) is 7.05 Å². The Hall–Kier alpha value is -1.23. The highest BCUT2D eigenvalue weighted by Crippen LogP contribution is 2.15. The van der Waals surface area contributed by atoms with E-state index in [4.69, 9.17) is 11.6 Å². The normalized spacial score (nSPS) is 10.3. The van der Waals surface area contributed by atoms with Crippen molar-refractivity contribution in [1.29, 1.82) is 0 Å². The number of aromatic nitrogens is 2. The molecule has 0 aliphatic rings. The number of rotatable bonds is 7. The van der Waals surface area contributed by atoms with Gasteiger partial charge in [-0.25, -0.2) is 4.98 Å². The molecule has 0 atom stereocenters. The van der Waals surface area contributed by atoms with Crippen molar-refractivity contribution in [3.63, 3.8) is 0 Å². The van der Waals surface area contributed by atoms with Crippen molar-refractivity contribution in [3.8, 4) is 0 Å². The van der Waals surface area contributed by atoms with Gasteiger partial charge in [0.25, 0.3) is 5.91 Å². The summed E-state index contributed by atoms with van der Waals surface area (Å²) in [5.41, 5.74) is 0.382. The van der Waals surface area contributed by atoms with Crippen LogP contribution >= 0.6 is 11.6 Å². The number of imidazole rings is 1. The first-order chi connectivity index (χ1) is 8.19. The highest BCUT2D eigenvalue weighted by molar-refractivity contribution is 6.28. The van der Waals surface area contributed by atoms with Crippen LogP contribution in [0.4, 0.5) is 5.82 Å². The zero-order valence-electron chi connectivity index (χ0n) is 10.3. The number of hydrogen-bond acceptors (Lipinski definition) is 3. The summed E-state index contributed by atoms with van der Waals surface area (Å²) in [6.45, 7) is 2.97. The number of halogens is 1. The van der Waals surface area contributed by atoms with Crippen LogP contribution < -0.4 is 10.6 Å². The molecular formula is C11H19ClN4O. The molecule has 1 rings (SSSR count). The lowest BCUT2D eigenvalue weighted by Gasteiger charge is -2.04. The first kappa shape index (κ1) is 13.8. The second-order valence-corrected chi connectivity index (χ2v) is 4.18. The summed E-state index contributed by atoms with van der Waals surface area (Å²) in [6, 6.07) is 0. The number of unbranched alkanes of at least 4 members (excludes halogenated alkanes) is 3. The maximum atomic E-state index is 11.5. The fourth-order valence-corrected chi connectivity index (χ4v) is 1.70. The van der Waals surface area contributed by atoms with Crippen molar-refractivity contribution in [3.05, 3.63) is 11.0 Å². The van der Waals surface area contributed by atoms with Crippen molar-refractivity contribution in [1.82, 2.24) is 15.3 Å². The largest absolute Gasteiger partial charge is 0.368 e. The zero-order chi connectivity index (χ0) is 12.7. The third-order valence-corrected chi connectivity index (χ3v) is 2.63. The molecule has 0 unspecified atom stereocenters. The lowest BCUT2D eigenvalue weighted by molar-refractivity contribution is 0.0959. The van der Waals surface area contributed by atoms with Crippen molar-refractivity contribution in [2.24, 2.45) is 0 Å². The molecule has 0 radical (unpaired) electrons. The SMILES string of the molecule is CCCCCCNc1nc(Cl)[nH]c1C(=O)NC. The van der Waals surface area contributed by atoms with Gasteiger partial charge >= 0.3 is 0 Å². The second kappa shape index (κ2) is 7.17. The van der Waals surface area contributed by atoms with E-state index in [0.717, 1.165) is 13.0 Å². The maximum absolute atomic E-state index is 11.5. The molecule has 0 fully saturated rings. The van der Waals surface area contributed by atoms with E-state index in [9.17, 15) is 4.79 Å². The summed E-state index contributed by atoms with van der Waals surface area (Å²) < 4.78 is 0. The topological polar surface area (TPSA) is 69.8 Å². The summed E-state index contributed by atoms with van der Waals surface area (Å²) in [5.74, 6) is 0.298. The van der Waals surface area contributed by atoms with E-state index in [2.05, 4.69) is 27.5 Å². The third kappa shape index (κ3) is 4.26. The predicted molar refractivity (Wildman–Crippen MR) is 69.6 cm³/mol. The van der Waals surface area contributed by atoms with E-state index < -0.39 is 0 Å². The van der Waals surface area contributed by atoms with Gasteiger partial charge in [-0.3, -0.25) is 4.79 Å². The molecule has 17 heavy (non-hydrogen) atoms. The van der Waals surface area contributed by atoms with Crippen molar-refractivity contribution in [2.75, 3.05) is 18.9 Å². The standard InChI is InChI=1S/C11H19ClN4O/c1-3-4-5-6-7-14-9-8(10(17)13-2)15-11(12)16-9/h14H,3-7H2,1-2H3,(H,13,17)(H,15,16). The predicted octanol–water partition coefficient (Wildman–Crippen LogP) is 2.41. The number of hydrogen-bond donors (Lipinski definition) is 3. The fraction of sp³-hybridized carbons (Fsp3) is 0.636. The summed E-state index contributed by atoms with van der Waals surface area (Å²) in [6.07, 6.45) is 4.67. The lowest BCUT2D eigenvalue weighted by Crippen LogP contribution is -2.20. The summed E-state index contributed by atoms with van der Waals surface area (Å²) in [5, 5.41) is 5.88. The van der Waals surface area contributed by atoms with Gasteiger partial charge < -0.3 is 15.6 Å². The molecular weight excluding hydrogens is 240 g/mol. The smallest absolute Gasteiger partial charge is 0.271 e. The van der Waals surface area contributed by atoms with Gasteiger partial charge in [0.1, 0.15) is 5.69 Å². The Bertz CT molecular complexity index is 364. The van der Waals surface area contributed by atoms with Crippen LogP contribution in [-0.4, -0.2) is 29.5 Å². The van der Waals surface area contributed by atoms with Gasteiger partial charge in [0.05, 0.1) is 0 Å². The molecule has 6 heteroatoms. The third-order valence-electron chi connectivity index (χ3n) is 2.45. The van der Waals surface area contributed by atoms with Gasteiger partial charge in [-0.05, 0) is 18.0 Å². The van der Waals surface area contributed by atoms with Crippen LogP contribution in [0.25, 0.3) is 0 Å². The summed E-state index contributed by atoms with van der Waals surface area (Å²) in [4.78, 5) is 18.3. The minimum atomic E-state index is -0.222. The number of nitrogens with zero attached hydrogens (tertiary/aromatic N) is 1. The van der Waals surface area contributed by atoms with E-state index in [-0.39, 0.29) is 11.2 Å². The highest BCUT2D eigenvalue weighted by atomic mass is 35.5. The van der Waals surface area contributed by atoms with Gasteiger partial charge in [-0.2, -0.15) is 0 Å². The van der Waals surface area contributed by atoms with Crippen LogP contribution in [0.1, 0.15) is 43.1 Å². The molecule has 0 bridgehead atoms. The zero-order valence-corrected chi connectivity index (χ0v) is 11.0. The van der Waals surface area contributed by atoms with E-state index in [1.807, 2.05) is 0 Å². The summed E-state index contributed by atoms with van der Waals surface area (Å²) >= 11 is 5.74. The Kier molecular flexibility index (Phi) is 5.83. The van der Waals surface area contributed by atoms with Crippen LogP contribution in [0.3, 0.4) is 0 Å². The van der Waals surface area contributed by atoms with Gasteiger partial charge in [0.15, 0.2) is 5.82 Å². The Morgan fingerprint density at radius 1 is 1.41 bits per heavy atom. The van der Waals surface area contributed by atoms with Crippen LogP contribution in [0, 0.1) is 0 Å². The first-order valence-electron chi connectivity index (χ1n) is 5.90. The molecule has 3 N–H and O–H groups in total. The summed E-state index contributed by atoms with van der Waals surface area (Å²) in [7, 11) is 1.57. The molecule has 0 aliphatic heterocycles. The molecule has 0 saturated heterocycles. The fourth-order valence-electron chi connectivity index (χ4n) is 1.52. The molecule has 1 aromatic heterocycles. The molecule has 5 nitrogen and oxygen atoms in total. The number of nitrogens with one attached hydrogen (secondary N) is 3. The van der Waals surface area contributed by atoms with Crippen molar-refractivity contribution in [2.45, 2.75) is 32.6 Å². The number of amides is 1. The first-order valence-corrected chi connectivity index (χ1v) is 6.28. The Labute approximate surface area is 106 Å². The van der Waals surface area contributed by atoms with Gasteiger partial charge in [0, 0.05) is 13.6 Å². The maximum Gasteiger partial charge on any atom is 0.271 e. The van der Waals surface area contributed by atoms with E-state index >= 15 is 0 Å². The molecule has 0 spiro atoms. The molecule has 1 amide bonds. The van der Waals surface area contributed by atoms with Gasteiger partial charge in [-0.15, -0.1) is 0 Å². The minimum Gasteiger partial charge on any atom is -0.368 e. The van der Waals surface area contributed by atoms with Crippen molar-refractivity contribution < 1.29 is 4.79 Å². The van der Waals surface area contributed by atoms with Crippen molar-refractivity contribution >= 4 is 23.3 Å². The van der Waals surface area contributed by atoms with Crippen LogP contribution in [0.2, 0.25) is 5.28 Å². The number of carbonyl (C=O) groups excluding carboxylic acids is 1. The number of carbonyl (C=O) groups is 1. The van der Waals surface area contributed by atoms with E-state index in [0.29, 0.717) is 11.5 Å². The Morgan fingerprint density at radius 2 is 2.18 bits per heavy atom. The average molecular weight is 259 g/mol. The average Bonchev–Trinajstić information content (AvgIpc) is 2.69. The lowest BCUT2D eigenvalue weighted by atomic mass is 10.2. The number of anilines is 1. The van der Waals surface area contributed by atoms with Gasteiger partial charge in [-0.1, -0.05) is 26.2 Å². The molecule has 0 saturated carbocycles. The Balaban J connectivity index is 2.49. The second-order valence-electron chi connectivity index (χ2n) is 3.82. The molecule has 0 aliphatic carbocycles. The highest BCUT2D eigenvalue weighted by Gasteiger charge is 2.14. The molecule has 0 aromatic carbocycles. The monoisotopic (exact) mass is 258 g/mol. The molecule has 96 valence electrons. The quantitative estimate of drug-likeness (QED) is 0.658. The number of aromatic amines is 1. The molecule has 1 aromatic rings. The van der Waals surface area contributed by atoms with Crippen LogP contribution in [-0.2, 0) is 0 Å². The van der Waals surface area contributed by atoms with E-state index in [1.165, 1.54) is 19.3 Å².